The molecule has 0 unspecified atom stereocenters. The van der Waals surface area contributed by atoms with Crippen LogP contribution in [0, 0.1) is 13.8 Å². The Morgan fingerprint density at radius 1 is 1.00 bits per heavy atom. The molecule has 166 valence electrons. The van der Waals surface area contributed by atoms with Crippen LogP contribution in [0.4, 0.5) is 5.69 Å². The lowest BCUT2D eigenvalue weighted by molar-refractivity contribution is -0.128. The summed E-state index contributed by atoms with van der Waals surface area (Å²) in [6.07, 6.45) is -0.976. The zero-order chi connectivity index (χ0) is 22.9. The quantitative estimate of drug-likeness (QED) is 0.634. The lowest BCUT2D eigenvalue weighted by atomic mass is 10.1. The minimum Gasteiger partial charge on any atom is -0.476 e. The third-order valence-corrected chi connectivity index (χ3v) is 7.34. The lowest BCUT2D eigenvalue weighted by Crippen LogP contribution is -2.51. The highest BCUT2D eigenvalue weighted by atomic mass is 32.2. The number of aryl methyl sites for hydroxylation is 2. The van der Waals surface area contributed by atoms with Gasteiger partial charge >= 0.3 is 0 Å². The third kappa shape index (κ3) is 4.34. The van der Waals surface area contributed by atoms with Crippen molar-refractivity contribution < 1.29 is 17.9 Å². The highest BCUT2D eigenvalue weighted by molar-refractivity contribution is 7.92. The summed E-state index contributed by atoms with van der Waals surface area (Å²) in [6.45, 7) is 5.57. The van der Waals surface area contributed by atoms with E-state index in [4.69, 9.17) is 4.74 Å². The minimum absolute atomic E-state index is 0.111. The van der Waals surface area contributed by atoms with Gasteiger partial charge in [0.1, 0.15) is 5.75 Å². The predicted octanol–water partition coefficient (Wildman–Crippen LogP) is 4.14. The van der Waals surface area contributed by atoms with Crippen LogP contribution in [0.5, 0.6) is 5.75 Å². The first-order chi connectivity index (χ1) is 15.3. The molecule has 0 saturated heterocycles. The van der Waals surface area contributed by atoms with Gasteiger partial charge in [0.2, 0.25) is 0 Å². The number of rotatable bonds is 5. The first-order valence-corrected chi connectivity index (χ1v) is 11.9. The van der Waals surface area contributed by atoms with Gasteiger partial charge in [0.25, 0.3) is 15.9 Å². The van der Waals surface area contributed by atoms with Crippen LogP contribution in [0.2, 0.25) is 0 Å². The van der Waals surface area contributed by atoms with Crippen molar-refractivity contribution in [1.82, 2.24) is 5.32 Å². The number of hydrogen-bond acceptors (Lipinski definition) is 4. The van der Waals surface area contributed by atoms with Crippen molar-refractivity contribution in [2.45, 2.75) is 37.8 Å². The van der Waals surface area contributed by atoms with E-state index in [1.165, 1.54) is 4.31 Å². The summed E-state index contributed by atoms with van der Waals surface area (Å²) in [7, 11) is -3.88. The summed E-state index contributed by atoms with van der Waals surface area (Å²) in [5.41, 5.74) is 3.26. The molecule has 0 saturated carbocycles. The molecule has 1 amide bonds. The SMILES string of the molecule is Cc1ccc(S(=O)(=O)N2C[C@H](C(=O)N[C@H](C)c3ccccc3)Oc3cc(C)ccc32)cc1. The first-order valence-electron chi connectivity index (χ1n) is 10.5. The van der Waals surface area contributed by atoms with E-state index in [-0.39, 0.29) is 23.4 Å². The number of amides is 1. The Labute approximate surface area is 188 Å². The molecular weight excluding hydrogens is 424 g/mol. The molecule has 1 heterocycles. The van der Waals surface area contributed by atoms with Crippen LogP contribution in [0.25, 0.3) is 0 Å². The van der Waals surface area contributed by atoms with Gasteiger partial charge in [0.15, 0.2) is 6.10 Å². The second-order valence-electron chi connectivity index (χ2n) is 8.07. The zero-order valence-electron chi connectivity index (χ0n) is 18.3. The van der Waals surface area contributed by atoms with Crippen molar-refractivity contribution in [3.63, 3.8) is 0 Å². The fourth-order valence-electron chi connectivity index (χ4n) is 3.69. The number of hydrogen-bond donors (Lipinski definition) is 1. The second-order valence-corrected chi connectivity index (χ2v) is 9.93. The van der Waals surface area contributed by atoms with E-state index in [0.717, 1.165) is 16.7 Å². The van der Waals surface area contributed by atoms with E-state index >= 15 is 0 Å². The van der Waals surface area contributed by atoms with Gasteiger partial charge in [-0.05, 0) is 56.2 Å². The summed E-state index contributed by atoms with van der Waals surface area (Å²) in [5, 5.41) is 2.95. The molecule has 3 aromatic rings. The van der Waals surface area contributed by atoms with Crippen molar-refractivity contribution in [2.24, 2.45) is 0 Å². The molecule has 0 spiro atoms. The largest absolute Gasteiger partial charge is 0.476 e. The number of ether oxygens (including phenoxy) is 1. The lowest BCUT2D eigenvalue weighted by Gasteiger charge is -2.35. The van der Waals surface area contributed by atoms with E-state index in [0.29, 0.717) is 11.4 Å². The highest BCUT2D eigenvalue weighted by Crippen LogP contribution is 2.37. The van der Waals surface area contributed by atoms with Crippen LogP contribution in [0.1, 0.15) is 29.7 Å². The zero-order valence-corrected chi connectivity index (χ0v) is 19.1. The maximum Gasteiger partial charge on any atom is 0.264 e. The molecule has 4 rings (SSSR count). The fraction of sp³-hybridized carbons (Fsp3) is 0.240. The third-order valence-electron chi connectivity index (χ3n) is 5.54. The van der Waals surface area contributed by atoms with E-state index in [2.05, 4.69) is 5.32 Å². The minimum atomic E-state index is -3.88. The van der Waals surface area contributed by atoms with Crippen molar-refractivity contribution in [3.05, 3.63) is 89.5 Å². The molecule has 32 heavy (non-hydrogen) atoms. The number of carbonyl (C=O) groups excluding carboxylic acids is 1. The van der Waals surface area contributed by atoms with Crippen molar-refractivity contribution in [3.8, 4) is 5.75 Å². The van der Waals surface area contributed by atoms with Gasteiger partial charge in [-0.15, -0.1) is 0 Å². The first kappa shape index (κ1) is 21.9. The van der Waals surface area contributed by atoms with Crippen molar-refractivity contribution >= 4 is 21.6 Å². The van der Waals surface area contributed by atoms with Crippen LogP contribution in [0.15, 0.2) is 77.7 Å². The summed E-state index contributed by atoms with van der Waals surface area (Å²) in [5.74, 6) is 0.0112. The topological polar surface area (TPSA) is 75.7 Å². The summed E-state index contributed by atoms with van der Waals surface area (Å²) < 4.78 is 34.2. The number of benzene rings is 3. The average Bonchev–Trinajstić information content (AvgIpc) is 2.78. The maximum absolute atomic E-state index is 13.5. The molecule has 3 aromatic carbocycles. The Kier molecular flexibility index (Phi) is 5.93. The Hall–Kier alpha value is -3.32. The Bertz CT molecular complexity index is 1220. The van der Waals surface area contributed by atoms with Gasteiger partial charge in [0, 0.05) is 0 Å². The molecule has 0 aromatic heterocycles. The molecule has 0 radical (unpaired) electrons. The Morgan fingerprint density at radius 3 is 2.34 bits per heavy atom. The standard InChI is InChI=1S/C25H26N2O4S/c1-17-9-12-21(13-10-17)32(29,30)27-16-24(31-23-15-18(2)11-14-22(23)27)25(28)26-19(3)20-7-5-4-6-8-20/h4-15,19,24H,16H2,1-3H3,(H,26,28)/t19-,24-/m1/s1. The molecule has 6 nitrogen and oxygen atoms in total. The Balaban J connectivity index is 1.65. The monoisotopic (exact) mass is 450 g/mol. The molecular formula is C25H26N2O4S. The van der Waals surface area contributed by atoms with Crippen LogP contribution in [-0.2, 0) is 14.8 Å². The van der Waals surface area contributed by atoms with E-state index in [1.54, 1.807) is 36.4 Å². The number of fused-ring (bicyclic) bond motifs is 1. The predicted molar refractivity (Wildman–Crippen MR) is 124 cm³/mol. The van der Waals surface area contributed by atoms with Gasteiger partial charge in [-0.2, -0.15) is 0 Å². The average molecular weight is 451 g/mol. The summed E-state index contributed by atoms with van der Waals surface area (Å²) >= 11 is 0. The molecule has 0 bridgehead atoms. The van der Waals surface area contributed by atoms with Gasteiger partial charge in [-0.25, -0.2) is 8.42 Å². The number of sulfonamides is 1. The number of nitrogens with zero attached hydrogens (tertiary/aromatic N) is 1. The molecule has 0 aliphatic carbocycles. The van der Waals surface area contributed by atoms with Crippen LogP contribution >= 0.6 is 0 Å². The molecule has 1 aliphatic heterocycles. The van der Waals surface area contributed by atoms with Gasteiger partial charge < -0.3 is 10.1 Å². The summed E-state index contributed by atoms with van der Waals surface area (Å²) in [6, 6.07) is 21.3. The molecule has 1 aliphatic rings. The summed E-state index contributed by atoms with van der Waals surface area (Å²) in [4.78, 5) is 13.2. The number of carbonyl (C=O) groups is 1. The van der Waals surface area contributed by atoms with Crippen molar-refractivity contribution in [1.29, 1.82) is 0 Å². The van der Waals surface area contributed by atoms with Crippen LogP contribution < -0.4 is 14.4 Å². The van der Waals surface area contributed by atoms with E-state index in [1.807, 2.05) is 57.2 Å². The van der Waals surface area contributed by atoms with Gasteiger partial charge in [-0.1, -0.05) is 54.1 Å². The highest BCUT2D eigenvalue weighted by Gasteiger charge is 2.38. The second kappa shape index (κ2) is 8.67. The van der Waals surface area contributed by atoms with Crippen LogP contribution in [-0.4, -0.2) is 27.0 Å². The van der Waals surface area contributed by atoms with Gasteiger partial charge in [0.05, 0.1) is 23.2 Å². The molecule has 7 heteroatoms. The van der Waals surface area contributed by atoms with Gasteiger partial charge in [-0.3, -0.25) is 9.10 Å². The number of nitrogens with one attached hydrogen (secondary N) is 1. The van der Waals surface area contributed by atoms with Crippen molar-refractivity contribution in [2.75, 3.05) is 10.8 Å². The normalized spacial score (nSPS) is 16.6. The smallest absolute Gasteiger partial charge is 0.264 e. The molecule has 0 fully saturated rings. The molecule has 2 atom stereocenters. The Morgan fingerprint density at radius 2 is 1.66 bits per heavy atom. The van der Waals surface area contributed by atoms with E-state index < -0.39 is 16.1 Å². The van der Waals surface area contributed by atoms with E-state index in [9.17, 15) is 13.2 Å². The van der Waals surface area contributed by atoms with Crippen LogP contribution in [0.3, 0.4) is 0 Å². The maximum atomic E-state index is 13.5. The number of anilines is 1. The molecule has 1 N–H and O–H groups in total. The fourth-order valence-corrected chi connectivity index (χ4v) is 5.17.